The first kappa shape index (κ1) is 15.9. The molecule has 0 amide bonds. The summed E-state index contributed by atoms with van der Waals surface area (Å²) in [6.45, 7) is 9.69. The van der Waals surface area contributed by atoms with Crippen LogP contribution in [0.4, 0.5) is 11.9 Å². The lowest BCUT2D eigenvalue weighted by atomic mass is 10.1. The number of hydrogen-bond acceptors (Lipinski definition) is 6. The van der Waals surface area contributed by atoms with Crippen molar-refractivity contribution in [1.82, 2.24) is 15.0 Å². The standard InChI is InChI=1S/C12H22ClN5O/c1-5-18(6-2)12-16-10(13)15-11(17-12)14-9(7-19)8(3)4/h8-9,19H,5-7H2,1-4H3,(H,14,15,16,17). The second-order valence-corrected chi connectivity index (χ2v) is 4.92. The molecular weight excluding hydrogens is 266 g/mol. The fraction of sp³-hybridized carbons (Fsp3) is 0.750. The van der Waals surface area contributed by atoms with Crippen molar-refractivity contribution in [2.75, 3.05) is 29.9 Å². The molecule has 0 aliphatic heterocycles. The third-order valence-corrected chi connectivity index (χ3v) is 3.13. The summed E-state index contributed by atoms with van der Waals surface area (Å²) in [5.41, 5.74) is 0. The largest absolute Gasteiger partial charge is 0.394 e. The van der Waals surface area contributed by atoms with E-state index in [9.17, 15) is 5.11 Å². The number of hydrogen-bond donors (Lipinski definition) is 2. The third-order valence-electron chi connectivity index (χ3n) is 2.96. The van der Waals surface area contributed by atoms with Gasteiger partial charge >= 0.3 is 0 Å². The molecule has 0 radical (unpaired) electrons. The SMILES string of the molecule is CCN(CC)c1nc(Cl)nc(NC(CO)C(C)C)n1. The second kappa shape index (κ2) is 7.45. The van der Waals surface area contributed by atoms with Crippen LogP contribution in [0, 0.1) is 5.92 Å². The Kier molecular flexibility index (Phi) is 6.24. The predicted molar refractivity (Wildman–Crippen MR) is 77.7 cm³/mol. The van der Waals surface area contributed by atoms with Crippen molar-refractivity contribution in [3.05, 3.63) is 5.28 Å². The van der Waals surface area contributed by atoms with Gasteiger partial charge in [0.25, 0.3) is 0 Å². The van der Waals surface area contributed by atoms with E-state index in [1.165, 1.54) is 0 Å². The van der Waals surface area contributed by atoms with E-state index in [4.69, 9.17) is 11.6 Å². The zero-order chi connectivity index (χ0) is 14.4. The van der Waals surface area contributed by atoms with Gasteiger partial charge in [-0.05, 0) is 31.4 Å². The Morgan fingerprint density at radius 1 is 1.21 bits per heavy atom. The van der Waals surface area contributed by atoms with E-state index in [1.54, 1.807) is 0 Å². The van der Waals surface area contributed by atoms with E-state index >= 15 is 0 Å². The maximum absolute atomic E-state index is 9.32. The van der Waals surface area contributed by atoms with Gasteiger partial charge < -0.3 is 15.3 Å². The fourth-order valence-corrected chi connectivity index (χ4v) is 1.80. The highest BCUT2D eigenvalue weighted by atomic mass is 35.5. The number of aliphatic hydroxyl groups excluding tert-OH is 1. The zero-order valence-corrected chi connectivity index (χ0v) is 12.6. The van der Waals surface area contributed by atoms with Gasteiger partial charge in [-0.1, -0.05) is 13.8 Å². The molecular formula is C12H22ClN5O. The lowest BCUT2D eigenvalue weighted by molar-refractivity contribution is 0.248. The minimum absolute atomic E-state index is 0.0154. The van der Waals surface area contributed by atoms with Crippen LogP contribution < -0.4 is 10.2 Å². The van der Waals surface area contributed by atoms with Crippen molar-refractivity contribution < 1.29 is 5.11 Å². The van der Waals surface area contributed by atoms with Crippen LogP contribution in [0.2, 0.25) is 5.28 Å². The molecule has 108 valence electrons. The molecule has 6 nitrogen and oxygen atoms in total. The molecule has 1 heterocycles. The second-order valence-electron chi connectivity index (χ2n) is 4.58. The minimum atomic E-state index is -0.108. The highest BCUT2D eigenvalue weighted by Crippen LogP contribution is 2.15. The van der Waals surface area contributed by atoms with Crippen LogP contribution in [0.25, 0.3) is 0 Å². The molecule has 7 heteroatoms. The van der Waals surface area contributed by atoms with Gasteiger partial charge in [0.2, 0.25) is 17.2 Å². The first-order valence-electron chi connectivity index (χ1n) is 6.55. The van der Waals surface area contributed by atoms with Crippen molar-refractivity contribution in [2.45, 2.75) is 33.7 Å². The van der Waals surface area contributed by atoms with Gasteiger partial charge in [0, 0.05) is 13.1 Å². The van der Waals surface area contributed by atoms with Gasteiger partial charge in [0.15, 0.2) is 0 Å². The quantitative estimate of drug-likeness (QED) is 0.797. The van der Waals surface area contributed by atoms with Gasteiger partial charge in [-0.15, -0.1) is 0 Å². The molecule has 19 heavy (non-hydrogen) atoms. The van der Waals surface area contributed by atoms with Crippen LogP contribution in [0.5, 0.6) is 0 Å². The number of nitrogens with one attached hydrogen (secondary N) is 1. The molecule has 0 fully saturated rings. The molecule has 1 aromatic rings. The average molecular weight is 288 g/mol. The van der Waals surface area contributed by atoms with Crippen molar-refractivity contribution in [3.8, 4) is 0 Å². The molecule has 0 aliphatic rings. The van der Waals surface area contributed by atoms with Crippen LogP contribution in [0.3, 0.4) is 0 Å². The van der Waals surface area contributed by atoms with E-state index in [0.717, 1.165) is 13.1 Å². The minimum Gasteiger partial charge on any atom is -0.394 e. The molecule has 2 N–H and O–H groups in total. The molecule has 0 aromatic carbocycles. The summed E-state index contributed by atoms with van der Waals surface area (Å²) in [4.78, 5) is 14.5. The first-order valence-corrected chi connectivity index (χ1v) is 6.93. The molecule has 0 bridgehead atoms. The summed E-state index contributed by atoms with van der Waals surface area (Å²) in [5.74, 6) is 1.21. The topological polar surface area (TPSA) is 74.2 Å². The van der Waals surface area contributed by atoms with Crippen LogP contribution in [0.1, 0.15) is 27.7 Å². The molecule has 0 saturated carbocycles. The molecule has 1 atom stereocenters. The van der Waals surface area contributed by atoms with Crippen LogP contribution in [0.15, 0.2) is 0 Å². The van der Waals surface area contributed by atoms with Crippen LogP contribution >= 0.6 is 11.6 Å². The Balaban J connectivity index is 2.96. The van der Waals surface area contributed by atoms with Gasteiger partial charge in [0.1, 0.15) is 0 Å². The van der Waals surface area contributed by atoms with Crippen molar-refractivity contribution in [2.24, 2.45) is 5.92 Å². The summed E-state index contributed by atoms with van der Waals surface area (Å²) >= 11 is 5.92. The number of anilines is 2. The highest BCUT2D eigenvalue weighted by molar-refractivity contribution is 6.28. The molecule has 0 spiro atoms. The molecule has 1 aromatic heterocycles. The Bertz CT molecular complexity index is 398. The maximum atomic E-state index is 9.32. The Morgan fingerprint density at radius 3 is 2.32 bits per heavy atom. The van der Waals surface area contributed by atoms with E-state index in [0.29, 0.717) is 11.9 Å². The van der Waals surface area contributed by atoms with E-state index < -0.39 is 0 Å². The lowest BCUT2D eigenvalue weighted by Gasteiger charge is -2.22. The zero-order valence-electron chi connectivity index (χ0n) is 11.9. The summed E-state index contributed by atoms with van der Waals surface area (Å²) in [6.07, 6.45) is 0. The van der Waals surface area contributed by atoms with Crippen molar-refractivity contribution in [3.63, 3.8) is 0 Å². The highest BCUT2D eigenvalue weighted by Gasteiger charge is 2.16. The lowest BCUT2D eigenvalue weighted by Crippen LogP contribution is -2.31. The summed E-state index contributed by atoms with van der Waals surface area (Å²) in [5, 5.41) is 12.6. The van der Waals surface area contributed by atoms with Crippen LogP contribution in [-0.2, 0) is 0 Å². The fourth-order valence-electron chi connectivity index (χ4n) is 1.64. The number of rotatable bonds is 7. The average Bonchev–Trinajstić information content (AvgIpc) is 2.36. The monoisotopic (exact) mass is 287 g/mol. The predicted octanol–water partition coefficient (Wildman–Crippen LogP) is 1.80. The van der Waals surface area contributed by atoms with Crippen LogP contribution in [-0.4, -0.2) is 45.8 Å². The number of aliphatic hydroxyl groups is 1. The van der Waals surface area contributed by atoms with E-state index in [1.807, 2.05) is 32.6 Å². The number of nitrogens with zero attached hydrogens (tertiary/aromatic N) is 4. The summed E-state index contributed by atoms with van der Waals surface area (Å²) in [7, 11) is 0. The summed E-state index contributed by atoms with van der Waals surface area (Å²) < 4.78 is 0. The van der Waals surface area contributed by atoms with Crippen molar-refractivity contribution in [1.29, 1.82) is 0 Å². The smallest absolute Gasteiger partial charge is 0.231 e. The van der Waals surface area contributed by atoms with Gasteiger partial charge in [0.05, 0.1) is 12.6 Å². The first-order chi connectivity index (χ1) is 9.01. The Labute approximate surface area is 119 Å². The molecule has 1 rings (SSSR count). The summed E-state index contributed by atoms with van der Waals surface area (Å²) in [6, 6.07) is -0.108. The van der Waals surface area contributed by atoms with E-state index in [2.05, 4.69) is 20.3 Å². The van der Waals surface area contributed by atoms with E-state index in [-0.39, 0.29) is 23.9 Å². The molecule has 1 unspecified atom stereocenters. The van der Waals surface area contributed by atoms with Crippen molar-refractivity contribution >= 4 is 23.5 Å². The van der Waals surface area contributed by atoms with Gasteiger partial charge in [-0.25, -0.2) is 0 Å². The number of halogens is 1. The molecule has 0 saturated heterocycles. The molecule has 0 aliphatic carbocycles. The normalized spacial score (nSPS) is 12.6. The number of aromatic nitrogens is 3. The van der Waals surface area contributed by atoms with Gasteiger partial charge in [-0.3, -0.25) is 0 Å². The maximum Gasteiger partial charge on any atom is 0.231 e. The van der Waals surface area contributed by atoms with Gasteiger partial charge in [-0.2, -0.15) is 15.0 Å². The third kappa shape index (κ3) is 4.47. The Morgan fingerprint density at radius 2 is 1.84 bits per heavy atom. The Hall–Kier alpha value is -1.14.